The molecule has 0 aliphatic carbocycles. The molecular weight excluding hydrogens is 489 g/mol. The fourth-order valence-corrected chi connectivity index (χ4v) is 3.53. The van der Waals surface area contributed by atoms with Gasteiger partial charge in [0.05, 0.1) is 6.54 Å². The average Bonchev–Trinajstić information content (AvgIpc) is 2.79. The number of nitrogens with zero attached hydrogens (tertiary/aromatic N) is 6. The molecule has 0 saturated carbocycles. The van der Waals surface area contributed by atoms with Crippen LogP contribution in [0.1, 0.15) is 26.3 Å². The molecule has 0 unspecified atom stereocenters. The summed E-state index contributed by atoms with van der Waals surface area (Å²) < 4.78 is 0. The highest BCUT2D eigenvalue weighted by Gasteiger charge is 2.20. The molecule has 8 heteroatoms. The summed E-state index contributed by atoms with van der Waals surface area (Å²) >= 11 is 0. The third kappa shape index (κ3) is 6.45. The first kappa shape index (κ1) is 24.2. The number of pyridine rings is 2. The summed E-state index contributed by atoms with van der Waals surface area (Å²) in [4.78, 5) is 20.9. The van der Waals surface area contributed by atoms with Gasteiger partial charge in [0.1, 0.15) is 11.6 Å². The van der Waals surface area contributed by atoms with Crippen molar-refractivity contribution in [2.75, 3.05) is 55.6 Å². The van der Waals surface area contributed by atoms with Gasteiger partial charge in [0.25, 0.3) is 0 Å². The Bertz CT molecular complexity index is 755. The van der Waals surface area contributed by atoms with Crippen LogP contribution in [-0.4, -0.2) is 66.6 Å². The van der Waals surface area contributed by atoms with Crippen molar-refractivity contribution in [2.24, 2.45) is 4.99 Å². The van der Waals surface area contributed by atoms with Gasteiger partial charge in [-0.2, -0.15) is 0 Å². The van der Waals surface area contributed by atoms with Crippen molar-refractivity contribution in [2.45, 2.75) is 27.3 Å². The molecule has 0 bridgehead atoms. The van der Waals surface area contributed by atoms with E-state index < -0.39 is 0 Å². The van der Waals surface area contributed by atoms with E-state index >= 15 is 0 Å². The van der Waals surface area contributed by atoms with Crippen LogP contribution in [0.25, 0.3) is 0 Å². The van der Waals surface area contributed by atoms with Gasteiger partial charge >= 0.3 is 0 Å². The van der Waals surface area contributed by atoms with E-state index in [-0.39, 0.29) is 24.0 Å². The topological polar surface area (TPSA) is 59.9 Å². The molecule has 1 aliphatic rings. The minimum Gasteiger partial charge on any atom is -0.357 e. The van der Waals surface area contributed by atoms with E-state index in [1.165, 1.54) is 0 Å². The van der Waals surface area contributed by atoms with Crippen molar-refractivity contribution in [1.29, 1.82) is 0 Å². The van der Waals surface area contributed by atoms with E-state index in [4.69, 9.17) is 4.99 Å². The molecule has 164 valence electrons. The number of aliphatic imine (C=N–C) groups is 1. The first-order valence-electron chi connectivity index (χ1n) is 10.6. The number of hydrogen-bond acceptors (Lipinski definition) is 5. The molecule has 1 aliphatic heterocycles. The molecule has 1 fully saturated rings. The van der Waals surface area contributed by atoms with E-state index in [1.54, 1.807) is 0 Å². The molecule has 30 heavy (non-hydrogen) atoms. The molecule has 3 rings (SSSR count). The molecule has 0 atom stereocenters. The second-order valence-electron chi connectivity index (χ2n) is 7.03. The van der Waals surface area contributed by atoms with Crippen molar-refractivity contribution in [3.05, 3.63) is 48.3 Å². The van der Waals surface area contributed by atoms with Crippen LogP contribution in [0.4, 0.5) is 11.6 Å². The maximum atomic E-state index is 4.86. The molecule has 0 aromatic carbocycles. The number of hydrogen-bond donors (Lipinski definition) is 1. The normalized spacial score (nSPS) is 14.3. The second-order valence-corrected chi connectivity index (χ2v) is 7.03. The highest BCUT2D eigenvalue weighted by Crippen LogP contribution is 2.14. The Kier molecular flexibility index (Phi) is 10.1. The summed E-state index contributed by atoms with van der Waals surface area (Å²) in [6.45, 7) is 13.6. The van der Waals surface area contributed by atoms with E-state index in [9.17, 15) is 0 Å². The van der Waals surface area contributed by atoms with Gasteiger partial charge in [0, 0.05) is 58.2 Å². The van der Waals surface area contributed by atoms with Gasteiger partial charge in [-0.1, -0.05) is 12.1 Å². The van der Waals surface area contributed by atoms with Crippen molar-refractivity contribution in [1.82, 2.24) is 20.2 Å². The van der Waals surface area contributed by atoms with E-state index in [0.29, 0.717) is 6.54 Å². The highest BCUT2D eigenvalue weighted by atomic mass is 127. The van der Waals surface area contributed by atoms with Gasteiger partial charge in [-0.15, -0.1) is 24.0 Å². The Balaban J connectivity index is 0.00000320. The second kappa shape index (κ2) is 12.6. The van der Waals surface area contributed by atoms with Gasteiger partial charge in [-0.05, 0) is 44.5 Å². The zero-order valence-corrected chi connectivity index (χ0v) is 20.6. The molecular formula is C22H34IN7. The number of rotatable bonds is 7. The lowest BCUT2D eigenvalue weighted by Crippen LogP contribution is -2.52. The number of anilines is 2. The van der Waals surface area contributed by atoms with Crippen molar-refractivity contribution >= 4 is 41.6 Å². The fourth-order valence-electron chi connectivity index (χ4n) is 3.53. The third-order valence-electron chi connectivity index (χ3n) is 5.20. The van der Waals surface area contributed by atoms with Gasteiger partial charge in [0.2, 0.25) is 0 Å². The molecule has 2 aromatic rings. The molecule has 0 spiro atoms. The molecule has 1 saturated heterocycles. The van der Waals surface area contributed by atoms with Crippen molar-refractivity contribution in [3.63, 3.8) is 0 Å². The molecule has 2 aromatic heterocycles. The van der Waals surface area contributed by atoms with Crippen LogP contribution in [0.3, 0.4) is 0 Å². The van der Waals surface area contributed by atoms with Crippen LogP contribution >= 0.6 is 24.0 Å². The van der Waals surface area contributed by atoms with Gasteiger partial charge < -0.3 is 20.0 Å². The fraction of sp³-hybridized carbons (Fsp3) is 0.500. The molecule has 1 N–H and O–H groups in total. The maximum Gasteiger partial charge on any atom is 0.194 e. The van der Waals surface area contributed by atoms with Crippen LogP contribution in [0, 0.1) is 0 Å². The zero-order chi connectivity index (χ0) is 20.5. The first-order chi connectivity index (χ1) is 14.2. The molecule has 0 radical (unpaired) electrons. The monoisotopic (exact) mass is 523 g/mol. The van der Waals surface area contributed by atoms with E-state index in [0.717, 1.165) is 69.0 Å². The van der Waals surface area contributed by atoms with Crippen LogP contribution < -0.4 is 15.1 Å². The molecule has 3 heterocycles. The summed E-state index contributed by atoms with van der Waals surface area (Å²) in [6.07, 6.45) is 3.80. The number of nitrogens with one attached hydrogen (secondary N) is 1. The third-order valence-corrected chi connectivity index (χ3v) is 5.20. The molecule has 7 nitrogen and oxygen atoms in total. The Hall–Kier alpha value is -2.10. The minimum atomic E-state index is 0. The van der Waals surface area contributed by atoms with Gasteiger partial charge in [-0.25, -0.2) is 15.0 Å². The summed E-state index contributed by atoms with van der Waals surface area (Å²) in [7, 11) is 0. The van der Waals surface area contributed by atoms with Crippen LogP contribution in [0.5, 0.6) is 0 Å². The van der Waals surface area contributed by atoms with Crippen molar-refractivity contribution in [3.8, 4) is 0 Å². The Morgan fingerprint density at radius 3 is 2.37 bits per heavy atom. The number of piperazine rings is 1. The predicted octanol–water partition coefficient (Wildman–Crippen LogP) is 3.23. The Labute approximate surface area is 197 Å². The van der Waals surface area contributed by atoms with Crippen LogP contribution in [0.2, 0.25) is 0 Å². The summed E-state index contributed by atoms with van der Waals surface area (Å²) in [5.74, 6) is 3.05. The number of aromatic nitrogens is 2. The van der Waals surface area contributed by atoms with Gasteiger partial charge in [0.15, 0.2) is 5.96 Å². The SMILES string of the molecule is CCNC(=NCc1ccc(N(CC)CC)nc1)N1CCN(c2ccccn2)CC1.I. The van der Waals surface area contributed by atoms with E-state index in [1.807, 2.05) is 24.5 Å². The lowest BCUT2D eigenvalue weighted by Gasteiger charge is -2.37. The Morgan fingerprint density at radius 2 is 1.80 bits per heavy atom. The Morgan fingerprint density at radius 1 is 1.03 bits per heavy atom. The smallest absolute Gasteiger partial charge is 0.194 e. The quantitative estimate of drug-likeness (QED) is 0.342. The lowest BCUT2D eigenvalue weighted by molar-refractivity contribution is 0.371. The van der Waals surface area contributed by atoms with Crippen molar-refractivity contribution < 1.29 is 0 Å². The maximum absolute atomic E-state index is 4.86. The highest BCUT2D eigenvalue weighted by molar-refractivity contribution is 14.0. The molecule has 0 amide bonds. The summed E-state index contributed by atoms with van der Waals surface area (Å²) in [6, 6.07) is 10.3. The summed E-state index contributed by atoms with van der Waals surface area (Å²) in [5, 5.41) is 3.44. The van der Waals surface area contributed by atoms with E-state index in [2.05, 4.69) is 69.0 Å². The number of guanidine groups is 1. The predicted molar refractivity (Wildman–Crippen MR) is 136 cm³/mol. The lowest BCUT2D eigenvalue weighted by atomic mass is 10.2. The average molecular weight is 523 g/mol. The standard InChI is InChI=1S/C22H33N7.HI/c1-4-23-22(26-18-19-10-11-21(25-17-19)27(5-2)6-3)29-15-13-28(14-16-29)20-9-7-8-12-24-20;/h7-12,17H,4-6,13-16,18H2,1-3H3,(H,23,26);1H. The largest absolute Gasteiger partial charge is 0.357 e. The first-order valence-corrected chi connectivity index (χ1v) is 10.6. The number of halogens is 1. The summed E-state index contributed by atoms with van der Waals surface area (Å²) in [5.41, 5.74) is 1.13. The minimum absolute atomic E-state index is 0. The zero-order valence-electron chi connectivity index (χ0n) is 18.3. The van der Waals surface area contributed by atoms with Gasteiger partial charge in [-0.3, -0.25) is 0 Å². The van der Waals surface area contributed by atoms with Crippen LogP contribution in [-0.2, 0) is 6.54 Å². The van der Waals surface area contributed by atoms with Crippen LogP contribution in [0.15, 0.2) is 47.7 Å².